The fraction of sp³-hybridized carbons (Fsp3) is 0.457. The Bertz CT molecular complexity index is 1540. The number of aryl methyl sites for hydroxylation is 1. The van der Waals surface area contributed by atoms with E-state index in [4.69, 9.17) is 0 Å². The third-order valence-corrected chi connectivity index (χ3v) is 9.60. The predicted octanol–water partition coefficient (Wildman–Crippen LogP) is 5.92. The van der Waals surface area contributed by atoms with E-state index in [0.29, 0.717) is 5.41 Å². The summed E-state index contributed by atoms with van der Waals surface area (Å²) in [7, 11) is 6.17. The summed E-state index contributed by atoms with van der Waals surface area (Å²) in [5.41, 5.74) is 5.48. The quantitative estimate of drug-likeness (QED) is 0.305. The first kappa shape index (κ1) is 29.3. The van der Waals surface area contributed by atoms with E-state index in [1.54, 1.807) is 0 Å². The van der Waals surface area contributed by atoms with E-state index >= 15 is 0 Å². The molecular weight excluding hydrogens is 532 g/mol. The fourth-order valence-electron chi connectivity index (χ4n) is 6.73. The first-order valence-corrected chi connectivity index (χ1v) is 15.8. The van der Waals surface area contributed by atoms with Crippen LogP contribution >= 0.6 is 0 Å². The molecule has 1 spiro atoms. The molecule has 1 N–H and O–H groups in total. The second kappa shape index (κ2) is 12.9. The Kier molecular flexibility index (Phi) is 8.77. The van der Waals surface area contributed by atoms with E-state index in [1.165, 1.54) is 93.6 Å². The Hall–Kier alpha value is -3.75. The van der Waals surface area contributed by atoms with Crippen molar-refractivity contribution in [1.29, 1.82) is 0 Å². The summed E-state index contributed by atoms with van der Waals surface area (Å²) in [6, 6.07) is 12.8. The molecule has 4 aromatic rings. The van der Waals surface area contributed by atoms with E-state index in [0.717, 1.165) is 29.1 Å². The van der Waals surface area contributed by atoms with Crippen LogP contribution in [0.1, 0.15) is 43.4 Å². The molecule has 226 valence electrons. The highest BCUT2D eigenvalue weighted by molar-refractivity contribution is 5.88. The number of anilines is 2. The molecule has 43 heavy (non-hydrogen) atoms. The number of pyridine rings is 2. The van der Waals surface area contributed by atoms with Crippen molar-refractivity contribution in [2.45, 2.75) is 38.6 Å². The molecule has 3 aliphatic heterocycles. The van der Waals surface area contributed by atoms with Gasteiger partial charge in [-0.15, -0.1) is 0 Å². The molecule has 1 aromatic carbocycles. The molecule has 0 atom stereocenters. The number of aromatic nitrogens is 4. The second-order valence-electron chi connectivity index (χ2n) is 12.7. The Balaban J connectivity index is 0.000000162. The van der Waals surface area contributed by atoms with Gasteiger partial charge in [-0.25, -0.2) is 9.97 Å². The minimum atomic E-state index is 0.568. The van der Waals surface area contributed by atoms with Gasteiger partial charge < -0.3 is 15.1 Å². The van der Waals surface area contributed by atoms with Gasteiger partial charge in [0.05, 0.1) is 11.9 Å². The minimum Gasteiger partial charge on any atom is -0.373 e. The number of likely N-dealkylation sites (tertiary alicyclic amines) is 2. The Morgan fingerprint density at radius 2 is 1.70 bits per heavy atom. The third kappa shape index (κ3) is 6.60. The average molecular weight is 579 g/mol. The summed E-state index contributed by atoms with van der Waals surface area (Å²) >= 11 is 0. The maximum absolute atomic E-state index is 4.54. The van der Waals surface area contributed by atoms with E-state index in [9.17, 15) is 0 Å². The fourth-order valence-corrected chi connectivity index (χ4v) is 6.73. The van der Waals surface area contributed by atoms with Crippen molar-refractivity contribution in [2.24, 2.45) is 12.5 Å². The number of rotatable bonds is 6. The summed E-state index contributed by atoms with van der Waals surface area (Å²) in [6.07, 6.45) is 14.3. The van der Waals surface area contributed by atoms with Crippen molar-refractivity contribution in [3.8, 4) is 11.1 Å². The normalized spacial score (nSPS) is 18.6. The first-order valence-electron chi connectivity index (χ1n) is 15.8. The summed E-state index contributed by atoms with van der Waals surface area (Å²) in [5, 5.41) is 10.0. The van der Waals surface area contributed by atoms with E-state index in [1.807, 2.05) is 49.5 Å². The van der Waals surface area contributed by atoms with Crippen molar-refractivity contribution in [2.75, 3.05) is 63.6 Å². The van der Waals surface area contributed by atoms with Gasteiger partial charge in [0, 0.05) is 62.5 Å². The highest BCUT2D eigenvalue weighted by Gasteiger charge is 2.44. The summed E-state index contributed by atoms with van der Waals surface area (Å²) in [4.78, 5) is 16.2. The van der Waals surface area contributed by atoms with Gasteiger partial charge in [0.2, 0.25) is 0 Å². The third-order valence-electron chi connectivity index (χ3n) is 9.60. The van der Waals surface area contributed by atoms with Crippen molar-refractivity contribution >= 4 is 28.5 Å². The molecule has 8 nitrogen and oxygen atoms in total. The summed E-state index contributed by atoms with van der Waals surface area (Å²) in [5.74, 6) is 2.00. The topological polar surface area (TPSA) is 65.4 Å². The van der Waals surface area contributed by atoms with Crippen LogP contribution in [0.15, 0.2) is 61.6 Å². The molecule has 0 amide bonds. The molecule has 0 bridgehead atoms. The predicted molar refractivity (Wildman–Crippen MR) is 178 cm³/mol. The summed E-state index contributed by atoms with van der Waals surface area (Å²) < 4.78 is 2.03. The van der Waals surface area contributed by atoms with Crippen LogP contribution in [0.3, 0.4) is 0 Å². The van der Waals surface area contributed by atoms with E-state index < -0.39 is 0 Å². The van der Waals surface area contributed by atoms with Gasteiger partial charge in [0.15, 0.2) is 0 Å². The molecule has 3 aliphatic rings. The van der Waals surface area contributed by atoms with Crippen LogP contribution in [0.5, 0.6) is 0 Å². The van der Waals surface area contributed by atoms with Crippen molar-refractivity contribution in [3.63, 3.8) is 0 Å². The Morgan fingerprint density at radius 3 is 2.44 bits per heavy atom. The zero-order valence-electron chi connectivity index (χ0n) is 26.1. The second-order valence-corrected chi connectivity index (χ2v) is 12.7. The molecule has 0 saturated carbocycles. The number of nitrogens with one attached hydrogen (secondary N) is 1. The van der Waals surface area contributed by atoms with Crippen LogP contribution in [0.2, 0.25) is 0 Å². The smallest absolute Gasteiger partial charge is 0.129 e. The zero-order chi connectivity index (χ0) is 29.8. The first-order chi connectivity index (χ1) is 20.9. The number of benzene rings is 1. The van der Waals surface area contributed by atoms with Crippen molar-refractivity contribution in [1.82, 2.24) is 29.5 Å². The SMILES string of the molecule is C=Cc1ccnc(N2CC3(CCN(C)CC3)C2)c1.CNc1cc2cc(-c3cnn(C)c3CN3CCCCC3)ccc2cn1. The lowest BCUT2D eigenvalue weighted by Crippen LogP contribution is -2.60. The van der Waals surface area contributed by atoms with Crippen molar-refractivity contribution < 1.29 is 0 Å². The van der Waals surface area contributed by atoms with E-state index in [2.05, 4.69) is 79.0 Å². The molecule has 0 radical (unpaired) electrons. The highest BCUT2D eigenvalue weighted by atomic mass is 15.3. The number of piperidine rings is 2. The molecule has 0 unspecified atom stereocenters. The van der Waals surface area contributed by atoms with E-state index in [-0.39, 0.29) is 0 Å². The molecule has 3 saturated heterocycles. The zero-order valence-corrected chi connectivity index (χ0v) is 26.1. The number of nitrogens with zero attached hydrogens (tertiary/aromatic N) is 7. The van der Waals surface area contributed by atoms with Gasteiger partial charge in [-0.1, -0.05) is 31.2 Å². The van der Waals surface area contributed by atoms with Crippen LogP contribution in [-0.2, 0) is 13.6 Å². The highest BCUT2D eigenvalue weighted by Crippen LogP contribution is 2.42. The molecular formula is C35H46N8. The number of hydrogen-bond acceptors (Lipinski definition) is 7. The number of fused-ring (bicyclic) bond motifs is 1. The lowest BCUT2D eigenvalue weighted by atomic mass is 9.72. The molecule has 6 heterocycles. The van der Waals surface area contributed by atoms with Gasteiger partial charge in [0.1, 0.15) is 11.6 Å². The number of hydrogen-bond donors (Lipinski definition) is 1. The van der Waals surface area contributed by atoms with Crippen LogP contribution in [0.25, 0.3) is 28.0 Å². The lowest BCUT2D eigenvalue weighted by Gasteiger charge is -2.54. The summed E-state index contributed by atoms with van der Waals surface area (Å²) in [6.45, 7) is 12.0. The molecule has 8 heteroatoms. The average Bonchev–Trinajstić information content (AvgIpc) is 3.40. The Morgan fingerprint density at radius 1 is 0.907 bits per heavy atom. The van der Waals surface area contributed by atoms with Gasteiger partial charge in [-0.2, -0.15) is 5.10 Å². The largest absolute Gasteiger partial charge is 0.373 e. The van der Waals surface area contributed by atoms with Crippen LogP contribution in [-0.4, -0.2) is 82.9 Å². The van der Waals surface area contributed by atoms with Crippen molar-refractivity contribution in [3.05, 3.63) is 72.8 Å². The lowest BCUT2D eigenvalue weighted by molar-refractivity contribution is 0.0900. The van der Waals surface area contributed by atoms with Gasteiger partial charge in [-0.05, 0) is 99.7 Å². The van der Waals surface area contributed by atoms with Crippen LogP contribution in [0.4, 0.5) is 11.6 Å². The van der Waals surface area contributed by atoms with Gasteiger partial charge in [0.25, 0.3) is 0 Å². The maximum atomic E-state index is 4.54. The standard InChI is InChI=1S/C20H25N5.C15H21N3/c1-21-20-11-17-10-15(6-7-16(17)12-22-20)18-13-23-24(2)19(18)14-25-8-4-3-5-9-25;1-3-13-4-7-16-14(10-13)18-11-15(12-18)5-8-17(2)9-6-15/h6-7,10-13H,3-5,8-9,14H2,1-2H3,(H,21,22);3-4,7,10H,1,5-6,8-9,11-12H2,2H3. The maximum Gasteiger partial charge on any atom is 0.129 e. The molecule has 3 aromatic heterocycles. The monoisotopic (exact) mass is 578 g/mol. The molecule has 0 aliphatic carbocycles. The molecule has 7 rings (SSSR count). The van der Waals surface area contributed by atoms with Crippen LogP contribution in [0, 0.1) is 5.41 Å². The molecule has 3 fully saturated rings. The van der Waals surface area contributed by atoms with Crippen LogP contribution < -0.4 is 10.2 Å². The minimum absolute atomic E-state index is 0.568. The van der Waals surface area contributed by atoms with Gasteiger partial charge >= 0.3 is 0 Å². The van der Waals surface area contributed by atoms with Gasteiger partial charge in [-0.3, -0.25) is 9.58 Å². The Labute approximate surface area is 256 Å².